The lowest BCUT2D eigenvalue weighted by Crippen LogP contribution is -2.15. The first-order valence-corrected chi connectivity index (χ1v) is 7.77. The zero-order chi connectivity index (χ0) is 18.7. The van der Waals surface area contributed by atoms with Crippen molar-refractivity contribution in [2.45, 2.75) is 6.42 Å². The molecule has 0 aliphatic rings. The standard InChI is InChI=1S/C19H22N2O4/c1-20(2)16-10-12(5-7-14(16)18(22)23)9-13-6-8-15(19(24)25)17(11-13)21(3)4/h5-8,10-11H,9H2,1-4H3,(H,22,23)(H,24,25). The number of carbonyl (C=O) groups is 2. The molecule has 0 saturated heterocycles. The van der Waals surface area contributed by atoms with Crippen molar-refractivity contribution in [3.8, 4) is 0 Å². The SMILES string of the molecule is CN(C)c1cc(Cc2ccc(C(=O)O)c(N(C)C)c2)ccc1C(=O)O. The summed E-state index contributed by atoms with van der Waals surface area (Å²) >= 11 is 0. The van der Waals surface area contributed by atoms with Crippen LogP contribution in [0.25, 0.3) is 0 Å². The number of carboxylic acid groups (broad SMARTS) is 2. The maximum Gasteiger partial charge on any atom is 0.337 e. The van der Waals surface area contributed by atoms with E-state index in [1.54, 1.807) is 62.3 Å². The topological polar surface area (TPSA) is 81.1 Å². The van der Waals surface area contributed by atoms with Crippen LogP contribution in [0.4, 0.5) is 11.4 Å². The summed E-state index contributed by atoms with van der Waals surface area (Å²) in [5.74, 6) is -1.92. The lowest BCUT2D eigenvalue weighted by atomic mass is 9.99. The molecule has 25 heavy (non-hydrogen) atoms. The Balaban J connectivity index is 2.40. The highest BCUT2D eigenvalue weighted by molar-refractivity contribution is 5.95. The zero-order valence-corrected chi connectivity index (χ0v) is 14.8. The summed E-state index contributed by atoms with van der Waals surface area (Å²) in [4.78, 5) is 26.2. The average Bonchev–Trinajstić information content (AvgIpc) is 2.54. The van der Waals surface area contributed by atoms with Gasteiger partial charge in [-0.15, -0.1) is 0 Å². The van der Waals surface area contributed by atoms with E-state index < -0.39 is 11.9 Å². The highest BCUT2D eigenvalue weighted by atomic mass is 16.4. The Bertz CT molecular complexity index is 746. The minimum Gasteiger partial charge on any atom is -0.478 e. The fourth-order valence-electron chi connectivity index (χ4n) is 2.71. The van der Waals surface area contributed by atoms with E-state index in [2.05, 4.69) is 0 Å². The van der Waals surface area contributed by atoms with Gasteiger partial charge >= 0.3 is 11.9 Å². The van der Waals surface area contributed by atoms with Gasteiger partial charge in [-0.1, -0.05) is 12.1 Å². The van der Waals surface area contributed by atoms with Crippen LogP contribution < -0.4 is 9.80 Å². The van der Waals surface area contributed by atoms with E-state index in [1.807, 2.05) is 12.1 Å². The van der Waals surface area contributed by atoms with Crippen LogP contribution in [-0.4, -0.2) is 50.3 Å². The van der Waals surface area contributed by atoms with Crippen LogP contribution in [0.3, 0.4) is 0 Å². The molecular formula is C19H22N2O4. The molecule has 0 atom stereocenters. The van der Waals surface area contributed by atoms with E-state index in [4.69, 9.17) is 0 Å². The lowest BCUT2D eigenvalue weighted by molar-refractivity contribution is 0.0686. The quantitative estimate of drug-likeness (QED) is 0.840. The fraction of sp³-hybridized carbons (Fsp3) is 0.263. The maximum absolute atomic E-state index is 11.3. The number of anilines is 2. The molecule has 2 rings (SSSR count). The summed E-state index contributed by atoms with van der Waals surface area (Å²) in [5, 5.41) is 18.6. The highest BCUT2D eigenvalue weighted by Gasteiger charge is 2.15. The molecule has 0 fully saturated rings. The van der Waals surface area contributed by atoms with Crippen LogP contribution in [0, 0.1) is 0 Å². The number of benzene rings is 2. The maximum atomic E-state index is 11.3. The molecule has 0 amide bonds. The summed E-state index contributed by atoms with van der Waals surface area (Å²) in [7, 11) is 7.21. The van der Waals surface area contributed by atoms with Crippen molar-refractivity contribution in [2.75, 3.05) is 38.0 Å². The number of hydrogen-bond donors (Lipinski definition) is 2. The molecule has 0 aromatic heterocycles. The van der Waals surface area contributed by atoms with Crippen molar-refractivity contribution >= 4 is 23.3 Å². The van der Waals surface area contributed by atoms with Gasteiger partial charge in [-0.25, -0.2) is 9.59 Å². The van der Waals surface area contributed by atoms with E-state index in [0.29, 0.717) is 17.8 Å². The molecule has 0 radical (unpaired) electrons. The molecule has 0 spiro atoms. The largest absolute Gasteiger partial charge is 0.478 e. The Hall–Kier alpha value is -3.02. The van der Waals surface area contributed by atoms with Gasteiger partial charge in [0.2, 0.25) is 0 Å². The van der Waals surface area contributed by atoms with Crippen molar-refractivity contribution in [1.82, 2.24) is 0 Å². The smallest absolute Gasteiger partial charge is 0.337 e. The van der Waals surface area contributed by atoms with Gasteiger partial charge in [0.05, 0.1) is 22.5 Å². The summed E-state index contributed by atoms with van der Waals surface area (Å²) in [6.45, 7) is 0. The predicted molar refractivity (Wildman–Crippen MR) is 98.3 cm³/mol. The third-order valence-corrected chi connectivity index (χ3v) is 3.96. The van der Waals surface area contributed by atoms with Crippen molar-refractivity contribution < 1.29 is 19.8 Å². The number of rotatable bonds is 6. The van der Waals surface area contributed by atoms with Gasteiger partial charge in [-0.05, 0) is 41.8 Å². The van der Waals surface area contributed by atoms with Crippen LogP contribution in [0.1, 0.15) is 31.8 Å². The Kier molecular flexibility index (Phi) is 5.32. The van der Waals surface area contributed by atoms with E-state index in [0.717, 1.165) is 11.1 Å². The lowest BCUT2D eigenvalue weighted by Gasteiger charge is -2.18. The predicted octanol–water partition coefficient (Wildman–Crippen LogP) is 2.81. The Morgan fingerprint density at radius 1 is 0.760 bits per heavy atom. The molecule has 2 aromatic carbocycles. The summed E-state index contributed by atoms with van der Waals surface area (Å²) in [6.07, 6.45) is 0.585. The molecule has 2 aromatic rings. The molecule has 6 heteroatoms. The van der Waals surface area contributed by atoms with Gasteiger partial charge in [-0.2, -0.15) is 0 Å². The van der Waals surface area contributed by atoms with Crippen LogP contribution in [-0.2, 0) is 6.42 Å². The van der Waals surface area contributed by atoms with Gasteiger partial charge < -0.3 is 20.0 Å². The van der Waals surface area contributed by atoms with Crippen molar-refractivity contribution in [2.24, 2.45) is 0 Å². The summed E-state index contributed by atoms with van der Waals surface area (Å²) in [6, 6.07) is 10.5. The van der Waals surface area contributed by atoms with E-state index >= 15 is 0 Å². The minimum absolute atomic E-state index is 0.254. The molecule has 0 heterocycles. The van der Waals surface area contributed by atoms with Crippen LogP contribution >= 0.6 is 0 Å². The first-order valence-electron chi connectivity index (χ1n) is 7.77. The third-order valence-electron chi connectivity index (χ3n) is 3.96. The van der Waals surface area contributed by atoms with Gasteiger partial charge in [0.1, 0.15) is 0 Å². The molecule has 0 saturated carbocycles. The number of carboxylic acids is 2. The van der Waals surface area contributed by atoms with Gasteiger partial charge in [0.15, 0.2) is 0 Å². The Morgan fingerprint density at radius 3 is 1.40 bits per heavy atom. The second-order valence-electron chi connectivity index (χ2n) is 6.28. The second-order valence-corrected chi connectivity index (χ2v) is 6.28. The third kappa shape index (κ3) is 4.09. The van der Waals surface area contributed by atoms with Crippen molar-refractivity contribution in [3.05, 3.63) is 58.7 Å². The number of nitrogens with zero attached hydrogens (tertiary/aromatic N) is 2. The monoisotopic (exact) mass is 342 g/mol. The summed E-state index contributed by atoms with van der Waals surface area (Å²) < 4.78 is 0. The molecule has 0 aliphatic heterocycles. The molecule has 6 nitrogen and oxygen atoms in total. The first-order chi connectivity index (χ1) is 11.7. The van der Waals surface area contributed by atoms with Crippen molar-refractivity contribution in [3.63, 3.8) is 0 Å². The normalized spacial score (nSPS) is 10.4. The van der Waals surface area contributed by atoms with Gasteiger partial charge in [0, 0.05) is 28.2 Å². The van der Waals surface area contributed by atoms with Gasteiger partial charge in [-0.3, -0.25) is 0 Å². The molecule has 132 valence electrons. The molecular weight excluding hydrogens is 320 g/mol. The minimum atomic E-state index is -0.962. The highest BCUT2D eigenvalue weighted by Crippen LogP contribution is 2.25. The van der Waals surface area contributed by atoms with Gasteiger partial charge in [0.25, 0.3) is 0 Å². The van der Waals surface area contributed by atoms with Crippen LogP contribution in [0.2, 0.25) is 0 Å². The van der Waals surface area contributed by atoms with Crippen molar-refractivity contribution in [1.29, 1.82) is 0 Å². The molecule has 2 N–H and O–H groups in total. The zero-order valence-electron chi connectivity index (χ0n) is 14.8. The first kappa shape index (κ1) is 18.3. The van der Waals surface area contributed by atoms with E-state index in [1.165, 1.54) is 0 Å². The van der Waals surface area contributed by atoms with Crippen LogP contribution in [0.15, 0.2) is 36.4 Å². The van der Waals surface area contributed by atoms with E-state index in [9.17, 15) is 19.8 Å². The summed E-state index contributed by atoms with van der Waals surface area (Å²) in [5.41, 5.74) is 3.70. The second kappa shape index (κ2) is 7.25. The molecule has 0 unspecified atom stereocenters. The Labute approximate surface area is 146 Å². The fourth-order valence-corrected chi connectivity index (χ4v) is 2.71. The average molecular weight is 342 g/mol. The van der Waals surface area contributed by atoms with E-state index in [-0.39, 0.29) is 11.1 Å². The number of aromatic carboxylic acids is 2. The Morgan fingerprint density at radius 2 is 1.12 bits per heavy atom. The van der Waals surface area contributed by atoms with Crippen LogP contribution in [0.5, 0.6) is 0 Å². The molecule has 0 bridgehead atoms. The number of hydrogen-bond acceptors (Lipinski definition) is 4. The molecule has 0 aliphatic carbocycles.